The number of pyridine rings is 1. The van der Waals surface area contributed by atoms with Gasteiger partial charge in [-0.05, 0) is 77.1 Å². The van der Waals surface area contributed by atoms with Crippen LogP contribution in [-0.2, 0) is 5.41 Å². The number of furan rings is 1. The molecule has 0 unspecified atom stereocenters. The van der Waals surface area contributed by atoms with Crippen LogP contribution in [0.2, 0.25) is 0 Å². The first-order valence-electron chi connectivity index (χ1n) is 12.8. The lowest BCUT2D eigenvalue weighted by molar-refractivity contribution is 0.590. The van der Waals surface area contributed by atoms with Gasteiger partial charge in [-0.2, -0.15) is 0 Å². The Hall–Kier alpha value is -4.37. The molecule has 1 aliphatic rings. The highest BCUT2D eigenvalue weighted by atomic mass is 16.3. The van der Waals surface area contributed by atoms with Crippen molar-refractivity contribution < 1.29 is 4.42 Å². The lowest BCUT2D eigenvalue weighted by Crippen LogP contribution is -2.13. The van der Waals surface area contributed by atoms with Crippen molar-refractivity contribution in [3.63, 3.8) is 0 Å². The zero-order valence-corrected chi connectivity index (χ0v) is 21.5. The van der Waals surface area contributed by atoms with Crippen LogP contribution in [-0.4, -0.2) is 4.98 Å². The van der Waals surface area contributed by atoms with Gasteiger partial charge < -0.3 is 9.73 Å². The molecule has 180 valence electrons. The van der Waals surface area contributed by atoms with Gasteiger partial charge in [0.2, 0.25) is 0 Å². The quantitative estimate of drug-likeness (QED) is 0.254. The normalized spacial score (nSPS) is 12.5. The molecule has 1 N–H and O–H groups in total. The number of hydrogen-bond acceptors (Lipinski definition) is 3. The number of benzene rings is 4. The predicted molar refractivity (Wildman–Crippen MR) is 155 cm³/mol. The van der Waals surface area contributed by atoms with Gasteiger partial charge in [-0.3, -0.25) is 4.98 Å². The third kappa shape index (κ3) is 3.38. The molecule has 0 fully saturated rings. The van der Waals surface area contributed by atoms with Gasteiger partial charge in [0.05, 0.1) is 5.69 Å². The van der Waals surface area contributed by atoms with Gasteiger partial charge in [-0.1, -0.05) is 63.2 Å². The first-order valence-corrected chi connectivity index (χ1v) is 12.8. The summed E-state index contributed by atoms with van der Waals surface area (Å²) in [6.07, 6.45) is 1.85. The monoisotopic (exact) mass is 480 g/mol. The summed E-state index contributed by atoms with van der Waals surface area (Å²) in [5.41, 5.74) is 13.6. The summed E-state index contributed by atoms with van der Waals surface area (Å²) < 4.78 is 6.30. The molecule has 1 aliphatic heterocycles. The minimum atomic E-state index is -0.00485. The average Bonchev–Trinajstić information content (AvgIpc) is 3.28. The van der Waals surface area contributed by atoms with Crippen molar-refractivity contribution in [1.29, 1.82) is 0 Å². The van der Waals surface area contributed by atoms with Crippen LogP contribution in [0.5, 0.6) is 0 Å². The molecule has 2 bridgehead atoms. The van der Waals surface area contributed by atoms with E-state index in [4.69, 9.17) is 4.42 Å². The van der Waals surface area contributed by atoms with Crippen LogP contribution in [0.4, 0.5) is 11.4 Å². The van der Waals surface area contributed by atoms with E-state index in [0.29, 0.717) is 0 Å². The standard InChI is InChI=1S/C34H28N2O/c1-20-24-18-22(34(2,3)4)19-25(20)32-29(14-15-31-33(32)23-9-5-6-11-30(23)37-31)36-28-13-12-21(17-26(24)28)27-10-7-8-16-35-27/h5-19,36H,1-4H3. The molecule has 4 aromatic carbocycles. The Bertz CT molecular complexity index is 1840. The lowest BCUT2D eigenvalue weighted by Gasteiger charge is -2.28. The fourth-order valence-electron chi connectivity index (χ4n) is 5.60. The summed E-state index contributed by atoms with van der Waals surface area (Å²) in [7, 11) is 0. The first kappa shape index (κ1) is 21.9. The fraction of sp³-hybridized carbons (Fsp3) is 0.147. The minimum Gasteiger partial charge on any atom is -0.456 e. The molecular formula is C34H28N2O. The van der Waals surface area contributed by atoms with E-state index in [-0.39, 0.29) is 5.41 Å². The molecule has 3 heteroatoms. The Morgan fingerprint density at radius 1 is 0.730 bits per heavy atom. The Morgan fingerprint density at radius 2 is 1.51 bits per heavy atom. The second-order valence-corrected chi connectivity index (χ2v) is 11.0. The van der Waals surface area contributed by atoms with Crippen LogP contribution in [0, 0.1) is 6.92 Å². The molecular weight excluding hydrogens is 452 g/mol. The summed E-state index contributed by atoms with van der Waals surface area (Å²) in [4.78, 5) is 4.61. The molecule has 2 aromatic heterocycles. The van der Waals surface area contributed by atoms with Crippen LogP contribution in [0.1, 0.15) is 31.9 Å². The molecule has 0 saturated heterocycles. The maximum atomic E-state index is 6.30. The first-order chi connectivity index (χ1) is 17.9. The molecule has 37 heavy (non-hydrogen) atoms. The molecule has 0 atom stereocenters. The number of nitrogens with one attached hydrogen (secondary N) is 1. The maximum Gasteiger partial charge on any atom is 0.136 e. The SMILES string of the molecule is Cc1c2cc(C(C)(C)C)cc1-c1c(ccc3oc4ccccc4c13)Nc1ccc(-c3ccccn3)cc1-2. The topological polar surface area (TPSA) is 38.1 Å². The molecule has 0 saturated carbocycles. The van der Waals surface area contributed by atoms with E-state index < -0.39 is 0 Å². The van der Waals surface area contributed by atoms with Crippen molar-refractivity contribution >= 4 is 33.3 Å². The van der Waals surface area contributed by atoms with Crippen molar-refractivity contribution in [3.8, 4) is 33.5 Å². The van der Waals surface area contributed by atoms with Gasteiger partial charge in [0, 0.05) is 45.0 Å². The zero-order valence-electron chi connectivity index (χ0n) is 21.5. The Balaban J connectivity index is 1.60. The highest BCUT2D eigenvalue weighted by molar-refractivity contribution is 6.17. The molecule has 3 heterocycles. The van der Waals surface area contributed by atoms with Crippen molar-refractivity contribution in [2.24, 2.45) is 0 Å². The molecule has 6 aromatic rings. The largest absolute Gasteiger partial charge is 0.456 e. The number of aromatic nitrogens is 1. The molecule has 7 rings (SSSR count). The van der Waals surface area contributed by atoms with Gasteiger partial charge in [-0.15, -0.1) is 0 Å². The number of fused-ring (bicyclic) bond motifs is 10. The molecule has 0 aliphatic carbocycles. The number of rotatable bonds is 1. The van der Waals surface area contributed by atoms with E-state index in [9.17, 15) is 0 Å². The molecule has 3 nitrogen and oxygen atoms in total. The highest BCUT2D eigenvalue weighted by Crippen LogP contribution is 2.49. The van der Waals surface area contributed by atoms with Gasteiger partial charge >= 0.3 is 0 Å². The number of anilines is 2. The van der Waals surface area contributed by atoms with Crippen LogP contribution in [0.15, 0.2) is 95.5 Å². The van der Waals surface area contributed by atoms with E-state index in [1.165, 1.54) is 33.4 Å². The zero-order chi connectivity index (χ0) is 25.3. The fourth-order valence-corrected chi connectivity index (χ4v) is 5.60. The Kier molecular flexibility index (Phi) is 4.62. The van der Waals surface area contributed by atoms with Gasteiger partial charge in [0.15, 0.2) is 0 Å². The Labute approximate surface area is 216 Å². The second kappa shape index (κ2) is 7.81. The molecule has 0 spiro atoms. The number of hydrogen-bond donors (Lipinski definition) is 1. The van der Waals surface area contributed by atoms with Crippen LogP contribution >= 0.6 is 0 Å². The van der Waals surface area contributed by atoms with Gasteiger partial charge in [-0.25, -0.2) is 0 Å². The summed E-state index contributed by atoms with van der Waals surface area (Å²) >= 11 is 0. The molecule has 0 amide bonds. The lowest BCUT2D eigenvalue weighted by atomic mass is 9.79. The number of para-hydroxylation sites is 1. The summed E-state index contributed by atoms with van der Waals surface area (Å²) in [5.74, 6) is 0. The average molecular weight is 481 g/mol. The van der Waals surface area contributed by atoms with E-state index in [1.807, 2.05) is 24.4 Å². The van der Waals surface area contributed by atoms with Crippen molar-refractivity contribution in [1.82, 2.24) is 4.98 Å². The summed E-state index contributed by atoms with van der Waals surface area (Å²) in [5, 5.41) is 6.11. The Morgan fingerprint density at radius 3 is 2.32 bits per heavy atom. The van der Waals surface area contributed by atoms with Crippen LogP contribution < -0.4 is 5.32 Å². The smallest absolute Gasteiger partial charge is 0.136 e. The van der Waals surface area contributed by atoms with Gasteiger partial charge in [0.25, 0.3) is 0 Å². The highest BCUT2D eigenvalue weighted by Gasteiger charge is 2.26. The second-order valence-electron chi connectivity index (χ2n) is 11.0. The minimum absolute atomic E-state index is 0.00485. The maximum absolute atomic E-state index is 6.30. The molecule has 0 radical (unpaired) electrons. The third-order valence-corrected chi connectivity index (χ3v) is 7.63. The predicted octanol–water partition coefficient (Wildman–Crippen LogP) is 9.64. The third-order valence-electron chi connectivity index (χ3n) is 7.63. The van der Waals surface area contributed by atoms with E-state index in [0.717, 1.165) is 44.6 Å². The van der Waals surface area contributed by atoms with Crippen LogP contribution in [0.3, 0.4) is 0 Å². The van der Waals surface area contributed by atoms with Crippen molar-refractivity contribution in [2.75, 3.05) is 5.32 Å². The van der Waals surface area contributed by atoms with Crippen molar-refractivity contribution in [3.05, 3.63) is 102 Å². The van der Waals surface area contributed by atoms with E-state index >= 15 is 0 Å². The van der Waals surface area contributed by atoms with Crippen molar-refractivity contribution in [2.45, 2.75) is 33.1 Å². The van der Waals surface area contributed by atoms with E-state index in [1.54, 1.807) is 0 Å². The van der Waals surface area contributed by atoms with Crippen LogP contribution in [0.25, 0.3) is 55.4 Å². The summed E-state index contributed by atoms with van der Waals surface area (Å²) in [6, 6.07) is 30.0. The number of nitrogens with zero attached hydrogens (tertiary/aromatic N) is 1. The summed E-state index contributed by atoms with van der Waals surface area (Å²) in [6.45, 7) is 9.12. The van der Waals surface area contributed by atoms with Gasteiger partial charge in [0.1, 0.15) is 11.2 Å². The van der Waals surface area contributed by atoms with E-state index in [2.05, 4.69) is 105 Å².